The minimum absolute atomic E-state index is 0.0871. The molecule has 8 nitrogen and oxygen atoms in total. The molecule has 2 amide bonds. The van der Waals surface area contributed by atoms with E-state index in [9.17, 15) is 19.5 Å². The van der Waals surface area contributed by atoms with Gasteiger partial charge in [0.15, 0.2) is 0 Å². The highest BCUT2D eigenvalue weighted by Crippen LogP contribution is 2.44. The Morgan fingerprint density at radius 3 is 2.14 bits per heavy atom. The van der Waals surface area contributed by atoms with Gasteiger partial charge >= 0.3 is 12.1 Å². The number of hydrogen-bond acceptors (Lipinski definition) is 5. The number of carbonyl (C=O) groups excluding carboxylic acids is 2. The molecule has 2 aromatic rings. The number of alkyl carbamates (subject to hydrolysis) is 1. The lowest BCUT2D eigenvalue weighted by Gasteiger charge is -2.28. The van der Waals surface area contributed by atoms with E-state index < -0.39 is 29.6 Å². The predicted octanol–water partition coefficient (Wildman–Crippen LogP) is 3.36. The van der Waals surface area contributed by atoms with Crippen molar-refractivity contribution >= 4 is 18.0 Å². The summed E-state index contributed by atoms with van der Waals surface area (Å²) in [5, 5.41) is 15.1. The highest BCUT2D eigenvalue weighted by atomic mass is 16.5. The van der Waals surface area contributed by atoms with Gasteiger partial charge in [0.25, 0.3) is 0 Å². The molecule has 3 N–H and O–H groups in total. The summed E-state index contributed by atoms with van der Waals surface area (Å²) in [4.78, 5) is 39.7. The number of nitrogens with zero attached hydrogens (tertiary/aromatic N) is 1. The molecular weight excluding hydrogens is 446 g/mol. The lowest BCUT2D eigenvalue weighted by Crippen LogP contribution is -2.58. The van der Waals surface area contributed by atoms with Crippen LogP contribution in [0.25, 0.3) is 11.1 Å². The van der Waals surface area contributed by atoms with Crippen molar-refractivity contribution in [1.29, 1.82) is 0 Å². The van der Waals surface area contributed by atoms with Gasteiger partial charge in [0.05, 0.1) is 0 Å². The average molecular weight is 480 g/mol. The zero-order valence-corrected chi connectivity index (χ0v) is 20.3. The van der Waals surface area contributed by atoms with Crippen LogP contribution in [0.1, 0.15) is 49.1 Å². The second kappa shape index (κ2) is 10.5. The van der Waals surface area contributed by atoms with Gasteiger partial charge in [0.2, 0.25) is 5.91 Å². The Hall–Kier alpha value is -3.39. The van der Waals surface area contributed by atoms with Crippen molar-refractivity contribution in [3.8, 4) is 11.1 Å². The number of carboxylic acid groups (broad SMARTS) is 1. The summed E-state index contributed by atoms with van der Waals surface area (Å²) in [6, 6.07) is 15.3. The minimum Gasteiger partial charge on any atom is -0.480 e. The van der Waals surface area contributed by atoms with E-state index in [1.807, 2.05) is 55.4 Å². The van der Waals surface area contributed by atoms with E-state index in [1.165, 1.54) is 0 Å². The summed E-state index contributed by atoms with van der Waals surface area (Å²) < 4.78 is 5.61. The van der Waals surface area contributed by atoms with Crippen LogP contribution in [0.5, 0.6) is 0 Å². The fourth-order valence-electron chi connectivity index (χ4n) is 5.13. The Morgan fingerprint density at radius 1 is 1.03 bits per heavy atom. The largest absolute Gasteiger partial charge is 0.480 e. The van der Waals surface area contributed by atoms with Crippen LogP contribution in [0.3, 0.4) is 0 Å². The maximum absolute atomic E-state index is 13.1. The molecule has 186 valence electrons. The highest BCUT2D eigenvalue weighted by molar-refractivity contribution is 5.91. The van der Waals surface area contributed by atoms with Gasteiger partial charge in [-0.05, 0) is 62.2 Å². The maximum atomic E-state index is 13.1. The van der Waals surface area contributed by atoms with Gasteiger partial charge in [-0.15, -0.1) is 0 Å². The predicted molar refractivity (Wildman–Crippen MR) is 132 cm³/mol. The molecule has 0 heterocycles. The van der Waals surface area contributed by atoms with Crippen LogP contribution in [0.2, 0.25) is 0 Å². The third kappa shape index (κ3) is 5.32. The van der Waals surface area contributed by atoms with E-state index in [4.69, 9.17) is 4.74 Å². The van der Waals surface area contributed by atoms with Gasteiger partial charge in [0.1, 0.15) is 18.2 Å². The van der Waals surface area contributed by atoms with Crippen LogP contribution in [-0.2, 0) is 14.3 Å². The van der Waals surface area contributed by atoms with E-state index >= 15 is 0 Å². The van der Waals surface area contributed by atoms with E-state index in [1.54, 1.807) is 0 Å². The molecule has 1 atom stereocenters. The molecule has 0 saturated heterocycles. The molecule has 4 rings (SSSR count). The van der Waals surface area contributed by atoms with Crippen molar-refractivity contribution in [2.45, 2.75) is 49.6 Å². The van der Waals surface area contributed by atoms with Crippen molar-refractivity contribution in [2.24, 2.45) is 0 Å². The summed E-state index contributed by atoms with van der Waals surface area (Å²) in [6.45, 7) is 0.683. The first-order valence-electron chi connectivity index (χ1n) is 12.1. The van der Waals surface area contributed by atoms with Crippen molar-refractivity contribution in [3.63, 3.8) is 0 Å². The van der Waals surface area contributed by atoms with Crippen LogP contribution in [0.4, 0.5) is 4.79 Å². The Bertz CT molecular complexity index is 1050. The standard InChI is InChI=1S/C27H33N3O5/c1-30(2)16-13-23(24(31)29-27(25(32)33)14-7-8-15-27)28-26(34)35-17-22-20-11-5-3-9-18(20)19-10-4-6-12-21(19)22/h3-6,9-12,22-23H,7-8,13-17H2,1-2H3,(H,28,34)(H,29,31)(H,32,33). The number of nitrogens with one attached hydrogen (secondary N) is 2. The molecule has 2 aliphatic rings. The average Bonchev–Trinajstić information content (AvgIpc) is 3.44. The van der Waals surface area contributed by atoms with Crippen LogP contribution in [0.15, 0.2) is 48.5 Å². The monoisotopic (exact) mass is 479 g/mol. The van der Waals surface area contributed by atoms with E-state index in [0.29, 0.717) is 25.8 Å². The zero-order chi connectivity index (χ0) is 25.0. The molecule has 1 unspecified atom stereocenters. The number of hydrogen-bond donors (Lipinski definition) is 3. The van der Waals surface area contributed by atoms with Crippen LogP contribution in [-0.4, -0.2) is 66.8 Å². The lowest BCUT2D eigenvalue weighted by atomic mass is 9.97. The van der Waals surface area contributed by atoms with Crippen molar-refractivity contribution in [2.75, 3.05) is 27.2 Å². The molecule has 2 aliphatic carbocycles. The van der Waals surface area contributed by atoms with Crippen molar-refractivity contribution < 1.29 is 24.2 Å². The zero-order valence-electron chi connectivity index (χ0n) is 20.3. The Kier molecular flexibility index (Phi) is 7.40. The number of benzene rings is 2. The number of carboxylic acids is 1. The summed E-state index contributed by atoms with van der Waals surface area (Å²) in [5.41, 5.74) is 3.21. The van der Waals surface area contributed by atoms with Gasteiger partial charge < -0.3 is 25.4 Å². The van der Waals surface area contributed by atoms with Gasteiger partial charge in [-0.2, -0.15) is 0 Å². The first-order valence-corrected chi connectivity index (χ1v) is 12.1. The van der Waals surface area contributed by atoms with Gasteiger partial charge in [-0.25, -0.2) is 9.59 Å². The molecule has 0 spiro atoms. The molecule has 1 fully saturated rings. The first-order chi connectivity index (χ1) is 16.8. The van der Waals surface area contributed by atoms with Crippen molar-refractivity contribution in [1.82, 2.24) is 15.5 Å². The Balaban J connectivity index is 1.43. The fraction of sp³-hybridized carbons (Fsp3) is 0.444. The molecular formula is C27H33N3O5. The fourth-order valence-corrected chi connectivity index (χ4v) is 5.13. The quantitative estimate of drug-likeness (QED) is 0.509. The van der Waals surface area contributed by atoms with Crippen LogP contribution in [0, 0.1) is 0 Å². The number of ether oxygens (including phenoxy) is 1. The minimum atomic E-state index is -1.27. The third-order valence-electron chi connectivity index (χ3n) is 7.05. The summed E-state index contributed by atoms with van der Waals surface area (Å²) in [5.74, 6) is -1.61. The first kappa shape index (κ1) is 24.7. The van der Waals surface area contributed by atoms with E-state index in [-0.39, 0.29) is 12.5 Å². The number of aliphatic carboxylic acids is 1. The molecule has 0 aromatic heterocycles. The molecule has 8 heteroatoms. The van der Waals surface area contributed by atoms with Crippen LogP contribution >= 0.6 is 0 Å². The lowest BCUT2D eigenvalue weighted by molar-refractivity contribution is -0.147. The van der Waals surface area contributed by atoms with Gasteiger partial charge in [0, 0.05) is 5.92 Å². The number of carbonyl (C=O) groups is 3. The molecule has 2 aromatic carbocycles. The Labute approximate surface area is 205 Å². The second-order valence-corrected chi connectivity index (χ2v) is 9.70. The topological polar surface area (TPSA) is 108 Å². The summed E-state index contributed by atoms with van der Waals surface area (Å²) >= 11 is 0. The molecule has 35 heavy (non-hydrogen) atoms. The summed E-state index contributed by atoms with van der Waals surface area (Å²) in [6.07, 6.45) is 1.91. The van der Waals surface area contributed by atoms with Gasteiger partial charge in [-0.3, -0.25) is 4.79 Å². The number of amides is 2. The Morgan fingerprint density at radius 2 is 1.60 bits per heavy atom. The SMILES string of the molecule is CN(C)CCC(NC(=O)OCC1c2ccccc2-c2ccccc21)C(=O)NC1(C(=O)O)CCCC1. The summed E-state index contributed by atoms with van der Waals surface area (Å²) in [7, 11) is 3.75. The third-order valence-corrected chi connectivity index (χ3v) is 7.05. The molecule has 0 bridgehead atoms. The maximum Gasteiger partial charge on any atom is 0.407 e. The normalized spacial score (nSPS) is 16.9. The van der Waals surface area contributed by atoms with Crippen LogP contribution < -0.4 is 10.6 Å². The highest BCUT2D eigenvalue weighted by Gasteiger charge is 2.43. The van der Waals surface area contributed by atoms with E-state index in [2.05, 4.69) is 22.8 Å². The molecule has 0 radical (unpaired) electrons. The molecule has 0 aliphatic heterocycles. The van der Waals surface area contributed by atoms with Crippen molar-refractivity contribution in [3.05, 3.63) is 59.7 Å². The number of rotatable bonds is 9. The smallest absolute Gasteiger partial charge is 0.407 e. The van der Waals surface area contributed by atoms with E-state index in [0.717, 1.165) is 35.1 Å². The number of fused-ring (bicyclic) bond motifs is 3. The van der Waals surface area contributed by atoms with Gasteiger partial charge in [-0.1, -0.05) is 61.4 Å². The second-order valence-electron chi connectivity index (χ2n) is 9.70. The molecule has 1 saturated carbocycles.